The van der Waals surface area contributed by atoms with Crippen molar-refractivity contribution >= 4 is 30.8 Å². The van der Waals surface area contributed by atoms with Crippen molar-refractivity contribution in [3.05, 3.63) is 29.1 Å². The number of methoxy groups -OCH3 is 1. The summed E-state index contributed by atoms with van der Waals surface area (Å²) in [6.45, 7) is 1.66. The van der Waals surface area contributed by atoms with Gasteiger partial charge in [0.05, 0.1) is 7.11 Å². The molecule has 0 atom stereocenters. The van der Waals surface area contributed by atoms with Crippen LogP contribution in [0.15, 0.2) is 12.3 Å². The summed E-state index contributed by atoms with van der Waals surface area (Å²) in [5.41, 5.74) is 2.61. The summed E-state index contributed by atoms with van der Waals surface area (Å²) >= 11 is 0. The van der Waals surface area contributed by atoms with E-state index >= 15 is 0 Å². The zero-order valence-corrected chi connectivity index (χ0v) is 10.5. The molecule has 6 heteroatoms. The van der Waals surface area contributed by atoms with E-state index in [4.69, 9.17) is 0 Å². The van der Waals surface area contributed by atoms with Gasteiger partial charge in [-0.25, -0.2) is 9.78 Å². The van der Waals surface area contributed by atoms with E-state index in [1.54, 1.807) is 6.20 Å². The lowest BCUT2D eigenvalue weighted by Gasteiger charge is -2.18. The minimum atomic E-state index is -0.356. The zero-order valence-electron chi connectivity index (χ0n) is 8.86. The molecular formula is C10H14Cl2N2O2. The third-order valence-corrected chi connectivity index (χ3v) is 2.40. The Labute approximate surface area is 107 Å². The van der Waals surface area contributed by atoms with Crippen LogP contribution in [0.4, 0.5) is 0 Å². The molecular weight excluding hydrogens is 251 g/mol. The van der Waals surface area contributed by atoms with Crippen LogP contribution in [-0.2, 0) is 17.7 Å². The lowest BCUT2D eigenvalue weighted by atomic mass is 10.0. The van der Waals surface area contributed by atoms with Gasteiger partial charge in [-0.3, -0.25) is 0 Å². The monoisotopic (exact) mass is 264 g/mol. The number of carbonyl (C=O) groups is 1. The molecule has 0 fully saturated rings. The first kappa shape index (κ1) is 15.2. The number of esters is 1. The standard InChI is InChI=1S/C10H12N2O2.2ClH/c1-14-10(13)9-8-6-11-4-2-7(8)3-5-12-9;;/h3,5,11H,2,4,6H2,1H3;2*1H. The van der Waals surface area contributed by atoms with Gasteiger partial charge in [0, 0.05) is 18.3 Å². The van der Waals surface area contributed by atoms with Gasteiger partial charge in [-0.15, -0.1) is 24.8 Å². The molecule has 2 rings (SSSR count). The van der Waals surface area contributed by atoms with Crippen LogP contribution in [-0.4, -0.2) is 24.6 Å². The molecule has 0 aromatic carbocycles. The summed E-state index contributed by atoms with van der Waals surface area (Å²) in [5.74, 6) is -0.356. The predicted octanol–water partition coefficient (Wildman–Crippen LogP) is 1.36. The fourth-order valence-corrected chi connectivity index (χ4v) is 1.67. The number of aromatic nitrogens is 1. The molecule has 1 N–H and O–H groups in total. The average molecular weight is 265 g/mol. The number of carbonyl (C=O) groups excluding carboxylic acids is 1. The van der Waals surface area contributed by atoms with E-state index in [-0.39, 0.29) is 30.8 Å². The Morgan fingerprint density at radius 2 is 2.25 bits per heavy atom. The molecule has 2 heterocycles. The number of ether oxygens (including phenoxy) is 1. The third kappa shape index (κ3) is 2.84. The Bertz CT molecular complexity index is 372. The van der Waals surface area contributed by atoms with Crippen LogP contribution in [0.1, 0.15) is 21.6 Å². The summed E-state index contributed by atoms with van der Waals surface area (Å²) in [6, 6.07) is 1.96. The van der Waals surface area contributed by atoms with Gasteiger partial charge in [0.25, 0.3) is 0 Å². The SMILES string of the molecule is COC(=O)c1nccc2c1CNCC2.Cl.Cl. The van der Waals surface area contributed by atoms with Crippen molar-refractivity contribution in [1.82, 2.24) is 10.3 Å². The first-order valence-electron chi connectivity index (χ1n) is 4.58. The summed E-state index contributed by atoms with van der Waals surface area (Å²) in [4.78, 5) is 15.4. The van der Waals surface area contributed by atoms with Crippen LogP contribution in [0.3, 0.4) is 0 Å². The normalized spacial score (nSPS) is 12.8. The van der Waals surface area contributed by atoms with E-state index in [0.717, 1.165) is 18.5 Å². The summed E-state index contributed by atoms with van der Waals surface area (Å²) in [7, 11) is 1.37. The summed E-state index contributed by atoms with van der Waals surface area (Å²) in [6.07, 6.45) is 2.61. The molecule has 0 unspecified atom stereocenters. The minimum Gasteiger partial charge on any atom is -0.464 e. The fraction of sp³-hybridized carbons (Fsp3) is 0.400. The second-order valence-electron chi connectivity index (χ2n) is 3.22. The highest BCUT2D eigenvalue weighted by atomic mass is 35.5. The Morgan fingerprint density at radius 3 is 2.94 bits per heavy atom. The molecule has 1 aromatic rings. The van der Waals surface area contributed by atoms with Crippen molar-refractivity contribution in [3.8, 4) is 0 Å². The van der Waals surface area contributed by atoms with Crippen molar-refractivity contribution in [2.45, 2.75) is 13.0 Å². The maximum atomic E-state index is 11.4. The van der Waals surface area contributed by atoms with E-state index in [9.17, 15) is 4.79 Å². The number of nitrogens with one attached hydrogen (secondary N) is 1. The Hall–Kier alpha value is -0.840. The number of halogens is 2. The van der Waals surface area contributed by atoms with E-state index < -0.39 is 0 Å². The highest BCUT2D eigenvalue weighted by Crippen LogP contribution is 2.16. The van der Waals surface area contributed by atoms with Crippen molar-refractivity contribution in [1.29, 1.82) is 0 Å². The molecule has 0 saturated carbocycles. The Morgan fingerprint density at radius 1 is 1.50 bits per heavy atom. The molecule has 4 nitrogen and oxygen atoms in total. The predicted molar refractivity (Wildman–Crippen MR) is 65.5 cm³/mol. The van der Waals surface area contributed by atoms with Gasteiger partial charge in [0.15, 0.2) is 5.69 Å². The second-order valence-corrected chi connectivity index (χ2v) is 3.22. The minimum absolute atomic E-state index is 0. The van der Waals surface area contributed by atoms with Crippen molar-refractivity contribution in [2.75, 3.05) is 13.7 Å². The Kier molecular flexibility index (Phi) is 6.33. The number of rotatable bonds is 1. The summed E-state index contributed by atoms with van der Waals surface area (Å²) < 4.78 is 4.67. The van der Waals surface area contributed by atoms with Crippen molar-refractivity contribution < 1.29 is 9.53 Å². The molecule has 0 spiro atoms. The number of nitrogens with zero attached hydrogens (tertiary/aromatic N) is 1. The van der Waals surface area contributed by atoms with E-state index in [2.05, 4.69) is 15.0 Å². The van der Waals surface area contributed by atoms with Crippen LogP contribution in [0, 0.1) is 0 Å². The topological polar surface area (TPSA) is 51.2 Å². The van der Waals surface area contributed by atoms with Gasteiger partial charge >= 0.3 is 5.97 Å². The van der Waals surface area contributed by atoms with Gasteiger partial charge in [-0.2, -0.15) is 0 Å². The molecule has 90 valence electrons. The molecule has 0 bridgehead atoms. The molecule has 0 radical (unpaired) electrons. The quantitative estimate of drug-likeness (QED) is 0.779. The lowest BCUT2D eigenvalue weighted by molar-refractivity contribution is 0.0592. The maximum Gasteiger partial charge on any atom is 0.356 e. The largest absolute Gasteiger partial charge is 0.464 e. The lowest BCUT2D eigenvalue weighted by Crippen LogP contribution is -2.26. The number of hydrogen-bond donors (Lipinski definition) is 1. The first-order valence-corrected chi connectivity index (χ1v) is 4.58. The number of hydrogen-bond acceptors (Lipinski definition) is 4. The molecule has 0 aliphatic carbocycles. The van der Waals surface area contributed by atoms with Crippen LogP contribution in [0.5, 0.6) is 0 Å². The van der Waals surface area contributed by atoms with Crippen LogP contribution < -0.4 is 5.32 Å². The van der Waals surface area contributed by atoms with Gasteiger partial charge in [0.2, 0.25) is 0 Å². The first-order chi connectivity index (χ1) is 6.83. The molecule has 1 aliphatic heterocycles. The second kappa shape index (κ2) is 6.68. The van der Waals surface area contributed by atoms with Crippen molar-refractivity contribution in [2.24, 2.45) is 0 Å². The van der Waals surface area contributed by atoms with Gasteiger partial charge in [-0.05, 0) is 24.6 Å². The van der Waals surface area contributed by atoms with Gasteiger partial charge in [0.1, 0.15) is 0 Å². The van der Waals surface area contributed by atoms with Gasteiger partial charge < -0.3 is 10.1 Å². The maximum absolute atomic E-state index is 11.4. The summed E-state index contributed by atoms with van der Waals surface area (Å²) in [5, 5.41) is 3.21. The molecule has 1 aliphatic rings. The average Bonchev–Trinajstić information content (AvgIpc) is 2.27. The smallest absolute Gasteiger partial charge is 0.356 e. The van der Waals surface area contributed by atoms with Crippen LogP contribution in [0.2, 0.25) is 0 Å². The number of fused-ring (bicyclic) bond motifs is 1. The van der Waals surface area contributed by atoms with Gasteiger partial charge in [-0.1, -0.05) is 0 Å². The number of pyridine rings is 1. The van der Waals surface area contributed by atoms with Crippen LogP contribution in [0.25, 0.3) is 0 Å². The Balaban J connectivity index is 0.00000112. The molecule has 1 aromatic heterocycles. The third-order valence-electron chi connectivity index (χ3n) is 2.40. The molecule has 16 heavy (non-hydrogen) atoms. The van der Waals surface area contributed by atoms with Crippen LogP contribution >= 0.6 is 24.8 Å². The highest BCUT2D eigenvalue weighted by Gasteiger charge is 2.18. The van der Waals surface area contributed by atoms with E-state index in [0.29, 0.717) is 12.2 Å². The van der Waals surface area contributed by atoms with E-state index in [1.807, 2.05) is 6.07 Å². The molecule has 0 saturated heterocycles. The highest BCUT2D eigenvalue weighted by molar-refractivity contribution is 5.89. The fourth-order valence-electron chi connectivity index (χ4n) is 1.67. The van der Waals surface area contributed by atoms with E-state index in [1.165, 1.54) is 12.7 Å². The van der Waals surface area contributed by atoms with Crippen molar-refractivity contribution in [3.63, 3.8) is 0 Å². The zero-order chi connectivity index (χ0) is 9.97. The molecule has 0 amide bonds.